The predicted molar refractivity (Wildman–Crippen MR) is 131 cm³/mol. The summed E-state index contributed by atoms with van der Waals surface area (Å²) in [6, 6.07) is 6.63. The number of nitrogens with zero attached hydrogens (tertiary/aromatic N) is 4. The number of anilines is 3. The van der Waals surface area contributed by atoms with Crippen LogP contribution in [0.15, 0.2) is 24.5 Å². The molecule has 33 heavy (non-hydrogen) atoms. The Labute approximate surface area is 194 Å². The lowest BCUT2D eigenvalue weighted by atomic mass is 9.95. The summed E-state index contributed by atoms with van der Waals surface area (Å²) < 4.78 is 5.39. The maximum absolute atomic E-state index is 5.39. The Balaban J connectivity index is 1.30. The van der Waals surface area contributed by atoms with Gasteiger partial charge in [0.2, 0.25) is 5.95 Å². The van der Waals surface area contributed by atoms with Crippen molar-refractivity contribution in [1.29, 1.82) is 0 Å². The number of fused-ring (bicyclic) bond motifs is 1. The third-order valence-corrected chi connectivity index (χ3v) is 6.34. The molecule has 1 aliphatic heterocycles. The van der Waals surface area contributed by atoms with Crippen LogP contribution in [0, 0.1) is 18.8 Å². The quantitative estimate of drug-likeness (QED) is 0.514. The summed E-state index contributed by atoms with van der Waals surface area (Å²) >= 11 is 0. The Morgan fingerprint density at radius 3 is 2.82 bits per heavy atom. The van der Waals surface area contributed by atoms with Crippen molar-refractivity contribution in [3.63, 3.8) is 0 Å². The summed E-state index contributed by atoms with van der Waals surface area (Å²) in [4.78, 5) is 19.3. The number of H-pyrrole nitrogens is 1. The van der Waals surface area contributed by atoms with E-state index in [2.05, 4.69) is 55.3 Å². The van der Waals surface area contributed by atoms with E-state index in [4.69, 9.17) is 9.72 Å². The zero-order valence-corrected chi connectivity index (χ0v) is 19.2. The van der Waals surface area contributed by atoms with Gasteiger partial charge in [-0.15, -0.1) is 0 Å². The number of morpholine rings is 1. The van der Waals surface area contributed by atoms with E-state index in [0.29, 0.717) is 12.0 Å². The van der Waals surface area contributed by atoms with Gasteiger partial charge < -0.3 is 20.4 Å². The fourth-order valence-electron chi connectivity index (χ4n) is 4.45. The normalized spacial score (nSPS) is 17.5. The molecule has 8 heteroatoms. The number of aromatic nitrogens is 4. The van der Waals surface area contributed by atoms with Gasteiger partial charge in [-0.25, -0.2) is 4.98 Å². The highest BCUT2D eigenvalue weighted by molar-refractivity contribution is 5.84. The van der Waals surface area contributed by atoms with Gasteiger partial charge in [-0.05, 0) is 43.5 Å². The Kier molecular flexibility index (Phi) is 6.70. The fourth-order valence-corrected chi connectivity index (χ4v) is 4.45. The molecule has 2 fully saturated rings. The van der Waals surface area contributed by atoms with E-state index in [1.165, 1.54) is 32.1 Å². The molecule has 2 aliphatic rings. The number of hydrogen-bond acceptors (Lipinski definition) is 7. The highest BCUT2D eigenvalue weighted by Crippen LogP contribution is 2.26. The molecular weight excluding hydrogens is 414 g/mol. The predicted octanol–water partition coefficient (Wildman–Crippen LogP) is 3.83. The molecule has 0 amide bonds. The fraction of sp³-hybridized carbons (Fsp3) is 0.480. The minimum Gasteiger partial charge on any atom is -0.379 e. The van der Waals surface area contributed by atoms with E-state index in [1.54, 1.807) is 6.33 Å². The molecule has 1 aliphatic carbocycles. The van der Waals surface area contributed by atoms with Crippen LogP contribution < -0.4 is 10.6 Å². The lowest BCUT2D eigenvalue weighted by molar-refractivity contribution is 0.0443. The molecule has 5 rings (SSSR count). The number of nitrogens with one attached hydrogen (secondary N) is 3. The van der Waals surface area contributed by atoms with Crippen molar-refractivity contribution in [1.82, 2.24) is 24.8 Å². The molecule has 3 aromatic rings. The minimum absolute atomic E-state index is 0.443. The van der Waals surface area contributed by atoms with Crippen LogP contribution in [0.2, 0.25) is 0 Å². The second kappa shape index (κ2) is 10.2. The van der Waals surface area contributed by atoms with Gasteiger partial charge >= 0.3 is 0 Å². The minimum atomic E-state index is 0.443. The first kappa shape index (κ1) is 21.7. The number of hydrogen-bond donors (Lipinski definition) is 3. The molecule has 0 bridgehead atoms. The highest BCUT2D eigenvalue weighted by atomic mass is 16.5. The molecule has 0 atom stereocenters. The van der Waals surface area contributed by atoms with E-state index in [9.17, 15) is 0 Å². The first-order valence-corrected chi connectivity index (χ1v) is 11.9. The molecule has 0 unspecified atom stereocenters. The zero-order valence-electron chi connectivity index (χ0n) is 19.2. The van der Waals surface area contributed by atoms with E-state index >= 15 is 0 Å². The van der Waals surface area contributed by atoms with Crippen molar-refractivity contribution in [2.24, 2.45) is 0 Å². The molecule has 0 spiro atoms. The van der Waals surface area contributed by atoms with Crippen LogP contribution in [-0.4, -0.2) is 63.7 Å². The summed E-state index contributed by atoms with van der Waals surface area (Å²) in [6.45, 7) is 6.35. The largest absolute Gasteiger partial charge is 0.379 e. The molecule has 1 saturated carbocycles. The third-order valence-electron chi connectivity index (χ3n) is 6.34. The van der Waals surface area contributed by atoms with E-state index in [0.717, 1.165) is 66.6 Å². The Morgan fingerprint density at radius 1 is 1.15 bits per heavy atom. The number of ether oxygens (including phenoxy) is 1. The van der Waals surface area contributed by atoms with Crippen molar-refractivity contribution in [3.8, 4) is 11.8 Å². The average molecular weight is 446 g/mol. The first-order valence-electron chi connectivity index (χ1n) is 11.9. The SMILES string of the molecule is Cc1cc(C#CCN2CCOCC2)ccc1Nc1nc(NC2CCCCC2)c2nc[nH]c2n1. The molecule has 172 valence electrons. The van der Waals surface area contributed by atoms with Gasteiger partial charge in [-0.2, -0.15) is 9.97 Å². The third kappa shape index (κ3) is 5.44. The maximum atomic E-state index is 5.39. The number of benzene rings is 1. The summed E-state index contributed by atoms with van der Waals surface area (Å²) in [6.07, 6.45) is 7.86. The monoisotopic (exact) mass is 445 g/mol. The average Bonchev–Trinajstić information content (AvgIpc) is 3.31. The summed E-state index contributed by atoms with van der Waals surface area (Å²) in [7, 11) is 0. The van der Waals surface area contributed by atoms with Crippen molar-refractivity contribution < 1.29 is 4.74 Å². The van der Waals surface area contributed by atoms with Gasteiger partial charge in [0.05, 0.1) is 26.1 Å². The highest BCUT2D eigenvalue weighted by Gasteiger charge is 2.17. The van der Waals surface area contributed by atoms with E-state index in [1.807, 2.05) is 12.1 Å². The molecular formula is C25H31N7O. The number of rotatable bonds is 5. The first-order chi connectivity index (χ1) is 16.2. The molecule has 1 saturated heterocycles. The summed E-state index contributed by atoms with van der Waals surface area (Å²) in [5, 5.41) is 6.99. The molecule has 3 N–H and O–H groups in total. The number of aromatic amines is 1. The van der Waals surface area contributed by atoms with Gasteiger partial charge in [0.1, 0.15) is 5.52 Å². The molecule has 1 aromatic carbocycles. The van der Waals surface area contributed by atoms with Crippen LogP contribution in [-0.2, 0) is 4.74 Å². The summed E-state index contributed by atoms with van der Waals surface area (Å²) in [5.41, 5.74) is 4.60. The lowest BCUT2D eigenvalue weighted by Crippen LogP contribution is -2.36. The number of aryl methyl sites for hydroxylation is 1. The van der Waals surface area contributed by atoms with Gasteiger partial charge in [0.25, 0.3) is 0 Å². The van der Waals surface area contributed by atoms with Crippen LogP contribution >= 0.6 is 0 Å². The van der Waals surface area contributed by atoms with Crippen LogP contribution in [0.25, 0.3) is 11.2 Å². The summed E-state index contributed by atoms with van der Waals surface area (Å²) in [5.74, 6) is 7.92. The smallest absolute Gasteiger partial charge is 0.231 e. The Bertz CT molecular complexity index is 1150. The van der Waals surface area contributed by atoms with Crippen LogP contribution in [0.1, 0.15) is 43.2 Å². The Morgan fingerprint density at radius 2 is 2.00 bits per heavy atom. The second-order valence-electron chi connectivity index (χ2n) is 8.82. The topological polar surface area (TPSA) is 91.0 Å². The van der Waals surface area contributed by atoms with Gasteiger partial charge in [0, 0.05) is 30.4 Å². The molecule has 2 aromatic heterocycles. The van der Waals surface area contributed by atoms with Gasteiger partial charge in [-0.3, -0.25) is 4.90 Å². The number of imidazole rings is 1. The van der Waals surface area contributed by atoms with Gasteiger partial charge in [0.15, 0.2) is 11.5 Å². The van der Waals surface area contributed by atoms with E-state index in [-0.39, 0.29) is 0 Å². The van der Waals surface area contributed by atoms with Crippen LogP contribution in [0.4, 0.5) is 17.5 Å². The molecule has 3 heterocycles. The van der Waals surface area contributed by atoms with Crippen molar-refractivity contribution in [2.75, 3.05) is 43.5 Å². The zero-order chi connectivity index (χ0) is 22.5. The van der Waals surface area contributed by atoms with Gasteiger partial charge in [-0.1, -0.05) is 31.1 Å². The van der Waals surface area contributed by atoms with Crippen molar-refractivity contribution in [2.45, 2.75) is 45.1 Å². The second-order valence-corrected chi connectivity index (χ2v) is 8.82. The standard InChI is InChI=1S/C25H31N7O/c1-18-16-19(6-5-11-32-12-14-33-15-13-32)9-10-21(18)29-25-30-23-22(26-17-27-23)24(31-25)28-20-7-3-2-4-8-20/h9-10,16-17,20H,2-4,7-8,11-15H2,1H3,(H3,26,27,28,29,30,31). The van der Waals surface area contributed by atoms with Crippen molar-refractivity contribution in [3.05, 3.63) is 35.7 Å². The van der Waals surface area contributed by atoms with E-state index < -0.39 is 0 Å². The van der Waals surface area contributed by atoms with Crippen molar-refractivity contribution >= 4 is 28.6 Å². The lowest BCUT2D eigenvalue weighted by Gasteiger charge is -2.24. The molecule has 8 nitrogen and oxygen atoms in total. The maximum Gasteiger partial charge on any atom is 0.231 e. The van der Waals surface area contributed by atoms with Crippen LogP contribution in [0.3, 0.4) is 0 Å². The Hall–Kier alpha value is -3.15. The molecule has 0 radical (unpaired) electrons. The van der Waals surface area contributed by atoms with Crippen LogP contribution in [0.5, 0.6) is 0 Å².